The normalized spacial score (nSPS) is 16.8. The number of hydrogen-bond donors (Lipinski definition) is 2. The van der Waals surface area contributed by atoms with Gasteiger partial charge in [-0.15, -0.1) is 24.0 Å². The van der Waals surface area contributed by atoms with Gasteiger partial charge < -0.3 is 24.8 Å². The van der Waals surface area contributed by atoms with E-state index in [-0.39, 0.29) is 42.4 Å². The Morgan fingerprint density at radius 3 is 2.77 bits per heavy atom. The summed E-state index contributed by atoms with van der Waals surface area (Å²) < 4.78 is 53.3. The van der Waals surface area contributed by atoms with E-state index in [1.165, 1.54) is 6.07 Å². The van der Waals surface area contributed by atoms with Crippen LogP contribution >= 0.6 is 24.0 Å². The summed E-state index contributed by atoms with van der Waals surface area (Å²) in [5, 5.41) is 6.32. The molecule has 10 heteroatoms. The smallest absolute Gasteiger partial charge is 0.422 e. The van der Waals surface area contributed by atoms with Gasteiger partial charge in [-0.05, 0) is 32.3 Å². The van der Waals surface area contributed by atoms with E-state index in [2.05, 4.69) is 15.6 Å². The minimum Gasteiger partial charge on any atom is -0.484 e. The second kappa shape index (κ2) is 14.7. The van der Waals surface area contributed by atoms with Crippen LogP contribution in [0.5, 0.6) is 5.75 Å². The minimum absolute atomic E-state index is 0. The van der Waals surface area contributed by atoms with Crippen LogP contribution in [0.3, 0.4) is 0 Å². The molecule has 0 radical (unpaired) electrons. The van der Waals surface area contributed by atoms with Crippen molar-refractivity contribution in [2.45, 2.75) is 45.0 Å². The molecule has 0 aliphatic carbocycles. The Kier molecular flexibility index (Phi) is 13.1. The molecule has 0 saturated carbocycles. The Balaban J connectivity index is 0.00000450. The van der Waals surface area contributed by atoms with E-state index in [9.17, 15) is 13.2 Å². The molecule has 1 atom stereocenters. The molecule has 30 heavy (non-hydrogen) atoms. The summed E-state index contributed by atoms with van der Waals surface area (Å²) in [7, 11) is 0. The maximum atomic E-state index is 12.4. The number of nitrogens with one attached hydrogen (secondary N) is 2. The maximum absolute atomic E-state index is 12.4. The van der Waals surface area contributed by atoms with Crippen molar-refractivity contribution in [1.82, 2.24) is 10.6 Å². The van der Waals surface area contributed by atoms with Gasteiger partial charge in [-0.1, -0.05) is 18.2 Å². The molecule has 172 valence electrons. The molecule has 6 nitrogen and oxygen atoms in total. The van der Waals surface area contributed by atoms with E-state index in [1.807, 2.05) is 6.92 Å². The highest BCUT2D eigenvalue weighted by Gasteiger charge is 2.28. The van der Waals surface area contributed by atoms with E-state index < -0.39 is 12.8 Å². The summed E-state index contributed by atoms with van der Waals surface area (Å²) in [5.41, 5.74) is 0.592. The fourth-order valence-electron chi connectivity index (χ4n) is 2.81. The lowest BCUT2D eigenvalue weighted by Gasteiger charge is -2.14. The second-order valence-corrected chi connectivity index (χ2v) is 6.70. The van der Waals surface area contributed by atoms with Crippen LogP contribution in [0, 0.1) is 0 Å². The molecule has 0 spiro atoms. The van der Waals surface area contributed by atoms with Gasteiger partial charge in [-0.2, -0.15) is 13.2 Å². The molecule has 1 aliphatic rings. The van der Waals surface area contributed by atoms with Crippen LogP contribution in [0.15, 0.2) is 29.3 Å². The first-order valence-corrected chi connectivity index (χ1v) is 9.97. The van der Waals surface area contributed by atoms with Crippen LogP contribution in [0.1, 0.15) is 31.7 Å². The number of aliphatic imine (C=N–C) groups is 1. The molecule has 0 bridgehead atoms. The number of halogens is 4. The molecule has 2 N–H and O–H groups in total. The zero-order valence-corrected chi connectivity index (χ0v) is 19.5. The third kappa shape index (κ3) is 11.2. The molecule has 1 aromatic carbocycles. The standard InChI is InChI=1S/C20H30F3N3O3.HI/c1-2-24-19(25-10-6-11-27-14-17-8-5-12-28-17)26-13-16-7-3-4-9-18(16)29-15-20(21,22)23;/h3-4,7,9,17H,2,5-6,8,10-15H2,1H3,(H2,24,25,26);1H. The second-order valence-electron chi connectivity index (χ2n) is 6.70. The molecule has 0 aromatic heterocycles. The fraction of sp³-hybridized carbons (Fsp3) is 0.650. The van der Waals surface area contributed by atoms with Crippen LogP contribution in [0.2, 0.25) is 0 Å². The number of para-hydroxylation sites is 1. The van der Waals surface area contributed by atoms with Crippen molar-refractivity contribution >= 4 is 29.9 Å². The van der Waals surface area contributed by atoms with Crippen molar-refractivity contribution in [1.29, 1.82) is 0 Å². The summed E-state index contributed by atoms with van der Waals surface area (Å²) in [5.74, 6) is 0.782. The Hall–Kier alpha value is -1.27. The van der Waals surface area contributed by atoms with E-state index in [1.54, 1.807) is 18.2 Å². The average Bonchev–Trinajstić information content (AvgIpc) is 3.20. The quantitative estimate of drug-likeness (QED) is 0.191. The first-order chi connectivity index (χ1) is 14.0. The van der Waals surface area contributed by atoms with Crippen LogP contribution < -0.4 is 15.4 Å². The van der Waals surface area contributed by atoms with Crippen molar-refractivity contribution < 1.29 is 27.4 Å². The van der Waals surface area contributed by atoms with E-state index in [0.29, 0.717) is 37.8 Å². The lowest BCUT2D eigenvalue weighted by molar-refractivity contribution is -0.153. The molecular formula is C20H31F3IN3O3. The van der Waals surface area contributed by atoms with Gasteiger partial charge in [-0.25, -0.2) is 4.99 Å². The molecule has 1 aliphatic heterocycles. The van der Waals surface area contributed by atoms with E-state index >= 15 is 0 Å². The van der Waals surface area contributed by atoms with Gasteiger partial charge in [0.1, 0.15) is 5.75 Å². The zero-order valence-electron chi connectivity index (χ0n) is 17.2. The van der Waals surface area contributed by atoms with Crippen molar-refractivity contribution in [3.05, 3.63) is 29.8 Å². The summed E-state index contributed by atoms with van der Waals surface area (Å²) in [4.78, 5) is 4.44. The topological polar surface area (TPSA) is 64.1 Å². The summed E-state index contributed by atoms with van der Waals surface area (Å²) in [6.45, 7) is 4.25. The zero-order chi connectivity index (χ0) is 21.0. The molecule has 0 amide bonds. The lowest BCUT2D eigenvalue weighted by Crippen LogP contribution is -2.38. The van der Waals surface area contributed by atoms with Gasteiger partial charge in [0, 0.05) is 31.9 Å². The number of guanidine groups is 1. The Morgan fingerprint density at radius 2 is 2.07 bits per heavy atom. The predicted octanol–water partition coefficient (Wildman–Crippen LogP) is 3.89. The van der Waals surface area contributed by atoms with Crippen LogP contribution in [-0.4, -0.2) is 57.8 Å². The number of hydrogen-bond acceptors (Lipinski definition) is 4. The molecule has 2 rings (SSSR count). The predicted molar refractivity (Wildman–Crippen MR) is 121 cm³/mol. The van der Waals surface area contributed by atoms with Gasteiger partial charge in [0.05, 0.1) is 19.3 Å². The summed E-state index contributed by atoms with van der Waals surface area (Å²) >= 11 is 0. The van der Waals surface area contributed by atoms with Crippen molar-refractivity contribution in [3.8, 4) is 5.75 Å². The monoisotopic (exact) mass is 545 g/mol. The molecule has 1 unspecified atom stereocenters. The van der Waals surface area contributed by atoms with Gasteiger partial charge in [-0.3, -0.25) is 0 Å². The van der Waals surface area contributed by atoms with Crippen molar-refractivity contribution in [3.63, 3.8) is 0 Å². The fourth-order valence-corrected chi connectivity index (χ4v) is 2.81. The average molecular weight is 545 g/mol. The number of ether oxygens (including phenoxy) is 3. The van der Waals surface area contributed by atoms with Crippen LogP contribution in [0.4, 0.5) is 13.2 Å². The van der Waals surface area contributed by atoms with Gasteiger partial charge >= 0.3 is 6.18 Å². The van der Waals surface area contributed by atoms with Crippen LogP contribution in [-0.2, 0) is 16.0 Å². The van der Waals surface area contributed by atoms with E-state index in [4.69, 9.17) is 14.2 Å². The number of alkyl halides is 3. The number of nitrogens with zero attached hydrogens (tertiary/aromatic N) is 1. The van der Waals surface area contributed by atoms with Gasteiger partial charge in [0.2, 0.25) is 0 Å². The SMILES string of the molecule is CCNC(=NCc1ccccc1OCC(F)(F)F)NCCCOCC1CCCO1.I. The van der Waals surface area contributed by atoms with Gasteiger partial charge in [0.15, 0.2) is 12.6 Å². The number of benzene rings is 1. The Bertz CT molecular complexity index is 627. The largest absolute Gasteiger partial charge is 0.484 e. The van der Waals surface area contributed by atoms with Crippen LogP contribution in [0.25, 0.3) is 0 Å². The molecule has 1 aromatic rings. The Labute approximate surface area is 193 Å². The lowest BCUT2D eigenvalue weighted by atomic mass is 10.2. The first kappa shape index (κ1) is 26.8. The highest BCUT2D eigenvalue weighted by molar-refractivity contribution is 14.0. The molecule has 1 saturated heterocycles. The summed E-state index contributed by atoms with van der Waals surface area (Å²) in [6.07, 6.45) is -1.19. The number of rotatable bonds is 11. The maximum Gasteiger partial charge on any atom is 0.422 e. The van der Waals surface area contributed by atoms with Gasteiger partial charge in [0.25, 0.3) is 0 Å². The third-order valence-electron chi connectivity index (χ3n) is 4.20. The highest BCUT2D eigenvalue weighted by Crippen LogP contribution is 2.22. The minimum atomic E-state index is -4.38. The molecule has 1 heterocycles. The third-order valence-corrected chi connectivity index (χ3v) is 4.20. The van der Waals surface area contributed by atoms with E-state index in [0.717, 1.165) is 25.9 Å². The highest BCUT2D eigenvalue weighted by atomic mass is 127. The van der Waals surface area contributed by atoms with Crippen molar-refractivity contribution in [2.75, 3.05) is 39.5 Å². The summed E-state index contributed by atoms with van der Waals surface area (Å²) in [6, 6.07) is 6.61. The first-order valence-electron chi connectivity index (χ1n) is 9.97. The molecular weight excluding hydrogens is 514 g/mol. The van der Waals surface area contributed by atoms with Crippen molar-refractivity contribution in [2.24, 2.45) is 4.99 Å². The molecule has 1 fully saturated rings. The Morgan fingerprint density at radius 1 is 1.27 bits per heavy atom.